The largest absolute Gasteiger partial charge is 0.327 e. The van der Waals surface area contributed by atoms with E-state index in [1.54, 1.807) is 0 Å². The van der Waals surface area contributed by atoms with Crippen molar-refractivity contribution in [3.63, 3.8) is 0 Å². The van der Waals surface area contributed by atoms with E-state index < -0.39 is 0 Å². The third-order valence-electron chi connectivity index (χ3n) is 5.92. The summed E-state index contributed by atoms with van der Waals surface area (Å²) in [6.07, 6.45) is 2.99. The van der Waals surface area contributed by atoms with Crippen molar-refractivity contribution in [2.24, 2.45) is 5.92 Å². The minimum atomic E-state index is 0.0223. The Kier molecular flexibility index (Phi) is 5.95. The Bertz CT molecular complexity index is 976. The summed E-state index contributed by atoms with van der Waals surface area (Å²) < 4.78 is 2.29. The number of hydrogen-bond acceptors (Lipinski definition) is 3. The first kappa shape index (κ1) is 19.6. The number of nitrogens with zero attached hydrogens (tertiary/aromatic N) is 3. The Hall–Kier alpha value is -2.66. The van der Waals surface area contributed by atoms with E-state index in [4.69, 9.17) is 4.98 Å². The number of rotatable bonds is 6. The molecule has 0 aliphatic carbocycles. The number of fused-ring (bicyclic) bond motifs is 1. The molecule has 1 aliphatic heterocycles. The molecule has 0 spiro atoms. The van der Waals surface area contributed by atoms with Gasteiger partial charge in [0.05, 0.1) is 23.5 Å². The van der Waals surface area contributed by atoms with Crippen molar-refractivity contribution < 1.29 is 4.79 Å². The molecule has 1 N–H and O–H groups in total. The average molecular weight is 391 g/mol. The molecule has 29 heavy (non-hydrogen) atoms. The highest BCUT2D eigenvalue weighted by molar-refractivity contribution is 5.92. The predicted molar refractivity (Wildman–Crippen MR) is 118 cm³/mol. The minimum absolute atomic E-state index is 0.0223. The van der Waals surface area contributed by atoms with E-state index in [0.29, 0.717) is 0 Å². The van der Waals surface area contributed by atoms with Crippen LogP contribution in [0.25, 0.3) is 11.0 Å². The topological polar surface area (TPSA) is 50.2 Å². The van der Waals surface area contributed by atoms with Crippen molar-refractivity contribution in [1.29, 1.82) is 0 Å². The van der Waals surface area contributed by atoms with Crippen LogP contribution in [-0.2, 0) is 24.3 Å². The number of aryl methyl sites for hydroxylation is 2. The number of aromatic nitrogens is 2. The van der Waals surface area contributed by atoms with Crippen LogP contribution in [0.2, 0.25) is 0 Å². The fourth-order valence-electron chi connectivity index (χ4n) is 4.28. The summed E-state index contributed by atoms with van der Waals surface area (Å²) in [6, 6.07) is 16.5. The number of imidazole rings is 1. The van der Waals surface area contributed by atoms with Gasteiger partial charge in [-0.05, 0) is 62.6 Å². The van der Waals surface area contributed by atoms with Gasteiger partial charge in [-0.15, -0.1) is 0 Å². The number of hydrogen-bond donors (Lipinski definition) is 1. The van der Waals surface area contributed by atoms with Crippen molar-refractivity contribution >= 4 is 22.6 Å². The molecule has 0 saturated carbocycles. The van der Waals surface area contributed by atoms with Gasteiger partial charge in [0, 0.05) is 18.8 Å². The van der Waals surface area contributed by atoms with E-state index in [1.165, 1.54) is 11.1 Å². The van der Waals surface area contributed by atoms with Crippen molar-refractivity contribution in [3.8, 4) is 0 Å². The van der Waals surface area contributed by atoms with Gasteiger partial charge in [-0.25, -0.2) is 4.98 Å². The molecule has 2 aromatic carbocycles. The van der Waals surface area contributed by atoms with Gasteiger partial charge in [-0.3, -0.25) is 9.69 Å². The van der Waals surface area contributed by atoms with Crippen LogP contribution in [0.5, 0.6) is 0 Å². The third kappa shape index (κ3) is 4.35. The van der Waals surface area contributed by atoms with Gasteiger partial charge >= 0.3 is 0 Å². The zero-order valence-corrected chi connectivity index (χ0v) is 17.4. The maximum atomic E-state index is 12.8. The number of carbonyl (C=O) groups is 1. The first-order chi connectivity index (χ1) is 14.2. The zero-order chi connectivity index (χ0) is 20.2. The smallest absolute Gasteiger partial charge is 0.228 e. The van der Waals surface area contributed by atoms with Gasteiger partial charge in [0.15, 0.2) is 0 Å². The van der Waals surface area contributed by atoms with E-state index in [0.717, 1.165) is 62.5 Å². The lowest BCUT2D eigenvalue weighted by molar-refractivity contribution is -0.121. The summed E-state index contributed by atoms with van der Waals surface area (Å²) in [5.41, 5.74) is 4.40. The predicted octanol–water partition coefficient (Wildman–Crippen LogP) is 4.47. The first-order valence-electron chi connectivity index (χ1n) is 10.7. The van der Waals surface area contributed by atoms with E-state index in [9.17, 15) is 4.79 Å². The Morgan fingerprint density at radius 2 is 1.93 bits per heavy atom. The van der Waals surface area contributed by atoms with Gasteiger partial charge in [-0.2, -0.15) is 0 Å². The lowest BCUT2D eigenvalue weighted by Crippen LogP contribution is -2.40. The molecule has 1 amide bonds. The van der Waals surface area contributed by atoms with Crippen LogP contribution in [0, 0.1) is 5.92 Å². The van der Waals surface area contributed by atoms with Crippen molar-refractivity contribution in [2.75, 3.05) is 18.4 Å². The molecular formula is C24H30N4O. The highest BCUT2D eigenvalue weighted by Gasteiger charge is 2.27. The van der Waals surface area contributed by atoms with Crippen molar-refractivity contribution in [1.82, 2.24) is 14.5 Å². The minimum Gasteiger partial charge on any atom is -0.327 e. The molecule has 1 atom stereocenters. The second-order valence-electron chi connectivity index (χ2n) is 7.87. The number of nitrogens with one attached hydrogen (secondary N) is 1. The average Bonchev–Trinajstić information content (AvgIpc) is 3.11. The molecule has 1 aliphatic rings. The lowest BCUT2D eigenvalue weighted by atomic mass is 9.97. The summed E-state index contributed by atoms with van der Waals surface area (Å²) in [5, 5.41) is 3.10. The zero-order valence-electron chi connectivity index (χ0n) is 17.4. The molecule has 4 rings (SSSR count). The molecule has 0 radical (unpaired) electrons. The number of amides is 1. The number of para-hydroxylation sites is 2. The van der Waals surface area contributed by atoms with Crippen LogP contribution < -0.4 is 5.32 Å². The number of benzene rings is 2. The summed E-state index contributed by atoms with van der Waals surface area (Å²) >= 11 is 0. The summed E-state index contributed by atoms with van der Waals surface area (Å²) in [7, 11) is 0. The molecule has 2 heterocycles. The van der Waals surface area contributed by atoms with E-state index >= 15 is 0 Å². The molecule has 1 fully saturated rings. The van der Waals surface area contributed by atoms with Gasteiger partial charge < -0.3 is 9.88 Å². The van der Waals surface area contributed by atoms with Gasteiger partial charge in [0.1, 0.15) is 5.82 Å². The number of carbonyl (C=O) groups excluding carboxylic acids is 1. The maximum absolute atomic E-state index is 12.8. The molecule has 0 bridgehead atoms. The molecule has 5 heteroatoms. The maximum Gasteiger partial charge on any atom is 0.228 e. The van der Waals surface area contributed by atoms with Crippen molar-refractivity contribution in [2.45, 2.75) is 46.2 Å². The van der Waals surface area contributed by atoms with E-state index in [1.807, 2.05) is 18.2 Å². The third-order valence-corrected chi connectivity index (χ3v) is 5.92. The Morgan fingerprint density at radius 1 is 1.14 bits per heavy atom. The molecule has 1 saturated heterocycles. The molecule has 3 aromatic rings. The van der Waals surface area contributed by atoms with Crippen LogP contribution in [0.1, 0.15) is 38.1 Å². The highest BCUT2D eigenvalue weighted by atomic mass is 16.1. The van der Waals surface area contributed by atoms with Gasteiger partial charge in [0.25, 0.3) is 0 Å². The Balaban J connectivity index is 1.42. The van der Waals surface area contributed by atoms with Crippen molar-refractivity contribution in [3.05, 3.63) is 59.9 Å². The van der Waals surface area contributed by atoms with E-state index in [-0.39, 0.29) is 11.8 Å². The van der Waals surface area contributed by atoms with E-state index in [2.05, 4.69) is 59.0 Å². The molecule has 152 valence electrons. The molecule has 0 unspecified atom stereocenters. The second-order valence-corrected chi connectivity index (χ2v) is 7.87. The standard InChI is InChI=1S/C24H30N4O/c1-3-18-11-13-20(14-12-18)25-24(29)19-8-7-15-27(16-19)17-23-26-21-9-5-6-10-22(21)28(23)4-2/h5-6,9-14,19H,3-4,7-8,15-17H2,1-2H3,(H,25,29)/t19-/m1/s1. The fourth-order valence-corrected chi connectivity index (χ4v) is 4.28. The van der Waals surface area contributed by atoms with Gasteiger partial charge in [0.2, 0.25) is 5.91 Å². The second kappa shape index (κ2) is 8.78. The number of piperidine rings is 1. The van der Waals surface area contributed by atoms with Crippen LogP contribution in [-0.4, -0.2) is 33.4 Å². The van der Waals surface area contributed by atoms with Crippen LogP contribution in [0.3, 0.4) is 0 Å². The lowest BCUT2D eigenvalue weighted by Gasteiger charge is -2.31. The molecular weight excluding hydrogens is 360 g/mol. The summed E-state index contributed by atoms with van der Waals surface area (Å²) in [4.78, 5) is 20.1. The van der Waals surface area contributed by atoms with Gasteiger partial charge in [-0.1, -0.05) is 31.2 Å². The summed E-state index contributed by atoms with van der Waals surface area (Å²) in [6.45, 7) is 7.79. The fraction of sp³-hybridized carbons (Fsp3) is 0.417. The highest BCUT2D eigenvalue weighted by Crippen LogP contribution is 2.23. The van der Waals surface area contributed by atoms with Crippen LogP contribution in [0.15, 0.2) is 48.5 Å². The number of anilines is 1. The quantitative estimate of drug-likeness (QED) is 0.676. The number of likely N-dealkylation sites (tertiary alicyclic amines) is 1. The monoisotopic (exact) mass is 390 g/mol. The van der Waals surface area contributed by atoms with Crippen LogP contribution >= 0.6 is 0 Å². The summed E-state index contributed by atoms with van der Waals surface area (Å²) in [5.74, 6) is 1.24. The first-order valence-corrected chi connectivity index (χ1v) is 10.7. The Labute approximate surface area is 172 Å². The molecule has 5 nitrogen and oxygen atoms in total. The SMILES string of the molecule is CCc1ccc(NC(=O)[C@@H]2CCCN(Cc3nc4ccccc4n3CC)C2)cc1. The Morgan fingerprint density at radius 3 is 2.69 bits per heavy atom. The van der Waals surface area contributed by atoms with Crippen LogP contribution in [0.4, 0.5) is 5.69 Å². The molecule has 1 aromatic heterocycles. The normalized spacial score (nSPS) is 17.5.